The van der Waals surface area contributed by atoms with Gasteiger partial charge in [-0.1, -0.05) is 0 Å². The number of thioether (sulfide) groups is 1. The summed E-state index contributed by atoms with van der Waals surface area (Å²) in [6, 6.07) is 5.67. The Balaban J connectivity index is 1.93. The first kappa shape index (κ1) is 17.7. The summed E-state index contributed by atoms with van der Waals surface area (Å²) in [5.74, 6) is 1.03. The summed E-state index contributed by atoms with van der Waals surface area (Å²) >= 11 is 3.10. The molecule has 0 saturated heterocycles. The van der Waals surface area contributed by atoms with E-state index in [-0.39, 0.29) is 5.91 Å². The quantitative estimate of drug-likeness (QED) is 0.490. The van der Waals surface area contributed by atoms with Gasteiger partial charge in [-0.15, -0.1) is 23.1 Å². The van der Waals surface area contributed by atoms with Crippen molar-refractivity contribution in [3.63, 3.8) is 0 Å². The van der Waals surface area contributed by atoms with E-state index in [9.17, 15) is 4.79 Å². The van der Waals surface area contributed by atoms with Crippen LogP contribution in [0, 0.1) is 13.8 Å². The second-order valence-electron chi connectivity index (χ2n) is 5.68. The number of hydrogen-bond acceptors (Lipinski definition) is 6. The van der Waals surface area contributed by atoms with Gasteiger partial charge in [0, 0.05) is 11.9 Å². The molecular formula is C18H19N3O2S2. The summed E-state index contributed by atoms with van der Waals surface area (Å²) in [5.41, 5.74) is 2.42. The Hall–Kier alpha value is -2.12. The third-order valence-electron chi connectivity index (χ3n) is 3.90. The molecule has 130 valence electrons. The van der Waals surface area contributed by atoms with Crippen LogP contribution >= 0.6 is 23.1 Å². The van der Waals surface area contributed by atoms with Gasteiger partial charge in [0.15, 0.2) is 11.6 Å². The predicted octanol–water partition coefficient (Wildman–Crippen LogP) is 4.41. The molecule has 0 bridgehead atoms. The van der Waals surface area contributed by atoms with Gasteiger partial charge in [-0.3, -0.25) is 4.79 Å². The molecule has 0 fully saturated rings. The molecule has 25 heavy (non-hydrogen) atoms. The Bertz CT molecular complexity index is 888. The molecule has 0 spiro atoms. The third-order valence-corrected chi connectivity index (χ3v) is 5.59. The Morgan fingerprint density at radius 2 is 2.12 bits per heavy atom. The van der Waals surface area contributed by atoms with E-state index in [1.165, 1.54) is 22.2 Å². The molecule has 3 rings (SSSR count). The summed E-state index contributed by atoms with van der Waals surface area (Å²) in [6.45, 7) is 4.48. The highest BCUT2D eigenvalue weighted by Gasteiger charge is 2.23. The van der Waals surface area contributed by atoms with Crippen LogP contribution in [0.4, 0.5) is 0 Å². The van der Waals surface area contributed by atoms with Crippen molar-refractivity contribution in [2.24, 2.45) is 0 Å². The van der Waals surface area contributed by atoms with Crippen LogP contribution in [0.2, 0.25) is 0 Å². The van der Waals surface area contributed by atoms with Crippen LogP contribution in [0.1, 0.15) is 26.5 Å². The van der Waals surface area contributed by atoms with Crippen molar-refractivity contribution in [1.29, 1.82) is 0 Å². The second kappa shape index (κ2) is 7.41. The number of furan rings is 1. The number of rotatable bonds is 5. The average Bonchev–Trinajstić information content (AvgIpc) is 3.26. The zero-order chi connectivity index (χ0) is 18.0. The molecule has 0 aliphatic carbocycles. The molecule has 0 N–H and O–H groups in total. The minimum atomic E-state index is -0.0688. The van der Waals surface area contributed by atoms with Crippen molar-refractivity contribution < 1.29 is 9.21 Å². The lowest BCUT2D eigenvalue weighted by Gasteiger charge is -2.19. The van der Waals surface area contributed by atoms with Crippen LogP contribution in [0.15, 0.2) is 39.3 Å². The van der Waals surface area contributed by atoms with E-state index in [1.54, 1.807) is 28.6 Å². The fraction of sp³-hybridized carbons (Fsp3) is 0.278. The van der Waals surface area contributed by atoms with Gasteiger partial charge in [0.05, 0.1) is 24.1 Å². The first-order valence-corrected chi connectivity index (χ1v) is 9.86. The van der Waals surface area contributed by atoms with Gasteiger partial charge >= 0.3 is 0 Å². The van der Waals surface area contributed by atoms with Crippen LogP contribution in [-0.4, -0.2) is 34.1 Å². The number of carbonyl (C=O) groups excluding carboxylic acids is 1. The van der Waals surface area contributed by atoms with Gasteiger partial charge in [-0.2, -0.15) is 0 Å². The van der Waals surface area contributed by atoms with Crippen LogP contribution in [0.3, 0.4) is 0 Å². The van der Waals surface area contributed by atoms with Crippen molar-refractivity contribution in [1.82, 2.24) is 14.9 Å². The fourth-order valence-corrected chi connectivity index (χ4v) is 4.08. The van der Waals surface area contributed by atoms with Gasteiger partial charge < -0.3 is 9.32 Å². The van der Waals surface area contributed by atoms with Crippen LogP contribution in [0.25, 0.3) is 11.6 Å². The van der Waals surface area contributed by atoms with E-state index in [4.69, 9.17) is 4.42 Å². The molecule has 0 saturated carbocycles. The summed E-state index contributed by atoms with van der Waals surface area (Å²) in [7, 11) is 1.81. The zero-order valence-corrected chi connectivity index (χ0v) is 16.2. The molecule has 3 aromatic heterocycles. The Labute approximate surface area is 155 Å². The number of hydrogen-bond donors (Lipinski definition) is 0. The van der Waals surface area contributed by atoms with Gasteiger partial charge in [0.1, 0.15) is 5.03 Å². The second-order valence-corrected chi connectivity index (χ2v) is 7.48. The Morgan fingerprint density at radius 1 is 1.32 bits per heavy atom. The summed E-state index contributed by atoms with van der Waals surface area (Å²) in [6.07, 6.45) is 3.50. The molecule has 0 radical (unpaired) electrons. The highest BCUT2D eigenvalue weighted by Crippen LogP contribution is 2.27. The molecule has 0 aromatic carbocycles. The monoisotopic (exact) mass is 373 g/mol. The van der Waals surface area contributed by atoms with E-state index in [1.807, 2.05) is 31.7 Å². The zero-order valence-electron chi connectivity index (χ0n) is 14.6. The maximum Gasteiger partial charge on any atom is 0.258 e. The first-order chi connectivity index (χ1) is 12.0. The number of aryl methyl sites for hydroxylation is 2. The molecule has 3 heterocycles. The maximum absolute atomic E-state index is 13.0. The third kappa shape index (κ3) is 3.62. The molecule has 0 aliphatic rings. The smallest absolute Gasteiger partial charge is 0.258 e. The average molecular weight is 374 g/mol. The molecule has 1 amide bonds. The van der Waals surface area contributed by atoms with Gasteiger partial charge in [0.25, 0.3) is 5.91 Å². The maximum atomic E-state index is 13.0. The Kier molecular flexibility index (Phi) is 5.24. The number of carbonyl (C=O) groups is 1. The van der Waals surface area contributed by atoms with Gasteiger partial charge in [0.2, 0.25) is 0 Å². The lowest BCUT2D eigenvalue weighted by molar-refractivity contribution is 0.0780. The van der Waals surface area contributed by atoms with Gasteiger partial charge in [-0.05, 0) is 49.2 Å². The van der Waals surface area contributed by atoms with E-state index in [0.29, 0.717) is 34.4 Å². The summed E-state index contributed by atoms with van der Waals surface area (Å²) < 4.78 is 5.38. The molecular weight excluding hydrogens is 354 g/mol. The minimum Gasteiger partial charge on any atom is -0.461 e. The van der Waals surface area contributed by atoms with E-state index < -0.39 is 0 Å². The van der Waals surface area contributed by atoms with Crippen molar-refractivity contribution in [2.75, 3.05) is 13.3 Å². The van der Waals surface area contributed by atoms with E-state index in [2.05, 4.69) is 23.0 Å². The highest BCUT2D eigenvalue weighted by atomic mass is 32.2. The van der Waals surface area contributed by atoms with Crippen molar-refractivity contribution in [2.45, 2.75) is 25.4 Å². The van der Waals surface area contributed by atoms with Crippen LogP contribution < -0.4 is 0 Å². The molecule has 5 nitrogen and oxygen atoms in total. The van der Waals surface area contributed by atoms with E-state index in [0.717, 1.165) is 0 Å². The standard InChI is InChI=1S/C18H19N3O2S2/c1-11-7-9-25-14(11)10-21(3)18(22)15-12(2)19-16(20-17(15)24-4)13-6-5-8-23-13/h5-9H,10H2,1-4H3. The molecule has 3 aromatic rings. The normalized spacial score (nSPS) is 10.9. The first-order valence-electron chi connectivity index (χ1n) is 7.76. The predicted molar refractivity (Wildman–Crippen MR) is 101 cm³/mol. The number of thiophene rings is 1. The number of nitrogens with zero attached hydrogens (tertiary/aromatic N) is 3. The summed E-state index contributed by atoms with van der Waals surface area (Å²) in [5, 5.41) is 2.71. The largest absolute Gasteiger partial charge is 0.461 e. The van der Waals surface area contributed by atoms with Crippen LogP contribution in [0.5, 0.6) is 0 Å². The van der Waals surface area contributed by atoms with Crippen molar-refractivity contribution >= 4 is 29.0 Å². The molecule has 0 aliphatic heterocycles. The topological polar surface area (TPSA) is 59.2 Å². The van der Waals surface area contributed by atoms with Gasteiger partial charge in [-0.25, -0.2) is 9.97 Å². The lowest BCUT2D eigenvalue weighted by atomic mass is 10.2. The molecule has 0 atom stereocenters. The highest BCUT2D eigenvalue weighted by molar-refractivity contribution is 7.98. The fourth-order valence-electron chi connectivity index (χ4n) is 2.50. The summed E-state index contributed by atoms with van der Waals surface area (Å²) in [4.78, 5) is 24.9. The minimum absolute atomic E-state index is 0.0688. The van der Waals surface area contributed by atoms with Crippen molar-refractivity contribution in [3.05, 3.63) is 51.5 Å². The molecule has 0 unspecified atom stereocenters. The molecule has 7 heteroatoms. The van der Waals surface area contributed by atoms with Crippen LogP contribution in [-0.2, 0) is 6.54 Å². The van der Waals surface area contributed by atoms with Crippen molar-refractivity contribution in [3.8, 4) is 11.6 Å². The van der Waals surface area contributed by atoms with E-state index >= 15 is 0 Å². The lowest BCUT2D eigenvalue weighted by Crippen LogP contribution is -2.28. The number of aromatic nitrogens is 2. The Morgan fingerprint density at radius 3 is 2.72 bits per heavy atom. The number of amides is 1. The SMILES string of the molecule is CSc1nc(-c2ccco2)nc(C)c1C(=O)N(C)Cc1sccc1C.